The molecule has 0 radical (unpaired) electrons. The van der Waals surface area contributed by atoms with E-state index in [1.807, 2.05) is 12.1 Å². The quantitative estimate of drug-likeness (QED) is 0.150. The Morgan fingerprint density at radius 3 is 1.87 bits per heavy atom. The molecule has 1 aliphatic carbocycles. The molecule has 0 spiro atoms. The maximum Gasteiger partial charge on any atom is 0.432 e. The van der Waals surface area contributed by atoms with Gasteiger partial charge in [0, 0.05) is 12.1 Å². The van der Waals surface area contributed by atoms with E-state index < -0.39 is 46.5 Å². The van der Waals surface area contributed by atoms with E-state index in [9.17, 15) is 30.7 Å². The van der Waals surface area contributed by atoms with Crippen LogP contribution in [0.25, 0.3) is 11.1 Å². The summed E-state index contributed by atoms with van der Waals surface area (Å²) < 4.78 is 103. The van der Waals surface area contributed by atoms with Gasteiger partial charge in [0.15, 0.2) is 17.5 Å². The van der Waals surface area contributed by atoms with Gasteiger partial charge in [-0.05, 0) is 66.3 Å². The van der Waals surface area contributed by atoms with Gasteiger partial charge in [-0.3, -0.25) is 0 Å². The zero-order valence-corrected chi connectivity index (χ0v) is 21.0. The van der Waals surface area contributed by atoms with Crippen molar-refractivity contribution >= 4 is 0 Å². The van der Waals surface area contributed by atoms with E-state index in [4.69, 9.17) is 0 Å². The molecule has 0 unspecified atom stereocenters. The van der Waals surface area contributed by atoms with Crippen molar-refractivity contribution in [2.45, 2.75) is 70.3 Å². The number of ether oxygens (including phenoxy) is 1. The summed E-state index contributed by atoms with van der Waals surface area (Å²) >= 11 is 0. The molecular weight excluding hydrogens is 509 g/mol. The van der Waals surface area contributed by atoms with Gasteiger partial charge in [0.2, 0.25) is 0 Å². The van der Waals surface area contributed by atoms with Gasteiger partial charge in [-0.1, -0.05) is 56.9 Å². The fraction of sp³-hybridized carbons (Fsp3) is 0.400. The van der Waals surface area contributed by atoms with E-state index in [2.05, 4.69) is 11.7 Å². The minimum atomic E-state index is -4.62. The molecule has 1 aliphatic rings. The number of rotatable bonds is 9. The van der Waals surface area contributed by atoms with E-state index >= 15 is 0 Å². The van der Waals surface area contributed by atoms with Crippen molar-refractivity contribution in [2.24, 2.45) is 5.92 Å². The highest BCUT2D eigenvalue weighted by Crippen LogP contribution is 2.40. The average molecular weight is 539 g/mol. The van der Waals surface area contributed by atoms with E-state index in [0.29, 0.717) is 11.5 Å². The Morgan fingerprint density at radius 1 is 0.737 bits per heavy atom. The Hall–Kier alpha value is -3.03. The molecule has 1 saturated carbocycles. The maximum absolute atomic E-state index is 14.7. The number of alkyl halides is 2. The number of benzene rings is 3. The molecular formula is C30H29F7O. The van der Waals surface area contributed by atoms with Gasteiger partial charge >= 0.3 is 6.11 Å². The number of hydrogen-bond acceptors (Lipinski definition) is 1. The maximum atomic E-state index is 14.7. The van der Waals surface area contributed by atoms with E-state index in [-0.39, 0.29) is 17.7 Å². The molecule has 0 bridgehead atoms. The van der Waals surface area contributed by atoms with Crippen LogP contribution in [0.3, 0.4) is 0 Å². The van der Waals surface area contributed by atoms with Gasteiger partial charge in [-0.25, -0.2) is 22.0 Å². The topological polar surface area (TPSA) is 9.23 Å². The van der Waals surface area contributed by atoms with Crippen LogP contribution in [0.15, 0.2) is 48.5 Å². The lowest BCUT2D eigenvalue weighted by molar-refractivity contribution is -0.189. The summed E-state index contributed by atoms with van der Waals surface area (Å²) in [5.74, 6) is -8.59. The molecule has 0 atom stereocenters. The molecule has 3 aromatic rings. The van der Waals surface area contributed by atoms with Crippen LogP contribution >= 0.6 is 0 Å². The predicted molar refractivity (Wildman–Crippen MR) is 131 cm³/mol. The van der Waals surface area contributed by atoms with Gasteiger partial charge in [0.05, 0.1) is 0 Å². The summed E-state index contributed by atoms with van der Waals surface area (Å²) in [5.41, 5.74) is -0.0985. The van der Waals surface area contributed by atoms with Crippen LogP contribution < -0.4 is 4.74 Å². The Balaban J connectivity index is 1.47. The van der Waals surface area contributed by atoms with Crippen molar-refractivity contribution in [3.8, 4) is 16.9 Å². The molecule has 0 aliphatic heterocycles. The summed E-state index contributed by atoms with van der Waals surface area (Å²) in [4.78, 5) is 0. The van der Waals surface area contributed by atoms with Gasteiger partial charge < -0.3 is 4.74 Å². The van der Waals surface area contributed by atoms with Crippen molar-refractivity contribution in [3.05, 3.63) is 88.7 Å². The molecule has 38 heavy (non-hydrogen) atoms. The van der Waals surface area contributed by atoms with Crippen LogP contribution in [0.4, 0.5) is 30.7 Å². The lowest BCUT2D eigenvalue weighted by Crippen LogP contribution is -2.25. The Bertz CT molecular complexity index is 1200. The number of hydrogen-bond donors (Lipinski definition) is 0. The highest BCUT2D eigenvalue weighted by molar-refractivity contribution is 5.64. The highest BCUT2D eigenvalue weighted by atomic mass is 19.3. The van der Waals surface area contributed by atoms with E-state index in [1.54, 1.807) is 12.1 Å². The SMILES string of the molecule is CCCCCC1CCC(c2ccc(-c3cc(F)c(C(F)(F)Oc4cc(F)c(F)c(F)c4)c(F)c3)cc2)CC1. The second-order valence-corrected chi connectivity index (χ2v) is 9.97. The average Bonchev–Trinajstić information content (AvgIpc) is 2.87. The highest BCUT2D eigenvalue weighted by Gasteiger charge is 2.41. The predicted octanol–water partition coefficient (Wildman–Crippen LogP) is 10.0. The van der Waals surface area contributed by atoms with Gasteiger partial charge in [0.25, 0.3) is 0 Å². The lowest BCUT2D eigenvalue weighted by atomic mass is 9.77. The van der Waals surface area contributed by atoms with Gasteiger partial charge in [0.1, 0.15) is 22.9 Å². The van der Waals surface area contributed by atoms with Crippen LogP contribution in [-0.4, -0.2) is 0 Å². The first-order chi connectivity index (χ1) is 18.1. The Labute approximate surface area is 217 Å². The van der Waals surface area contributed by atoms with Gasteiger partial charge in [-0.2, -0.15) is 8.78 Å². The van der Waals surface area contributed by atoms with Crippen molar-refractivity contribution in [2.75, 3.05) is 0 Å². The summed E-state index contributed by atoms with van der Waals surface area (Å²) in [5, 5.41) is 0. The molecule has 204 valence electrons. The van der Waals surface area contributed by atoms with Crippen LogP contribution in [0.2, 0.25) is 0 Å². The van der Waals surface area contributed by atoms with Gasteiger partial charge in [-0.15, -0.1) is 0 Å². The normalized spacial score (nSPS) is 18.0. The summed E-state index contributed by atoms with van der Waals surface area (Å²) in [6.45, 7) is 2.20. The fourth-order valence-corrected chi connectivity index (χ4v) is 5.22. The molecule has 3 aromatic carbocycles. The number of unbranched alkanes of at least 4 members (excludes halogenated alkanes) is 2. The van der Waals surface area contributed by atoms with Crippen LogP contribution in [0, 0.1) is 35.0 Å². The van der Waals surface area contributed by atoms with E-state index in [1.165, 1.54) is 38.5 Å². The molecule has 0 saturated heterocycles. The third-order valence-electron chi connectivity index (χ3n) is 7.31. The molecule has 1 fully saturated rings. The first-order valence-electron chi connectivity index (χ1n) is 12.9. The standard InChI is InChI=1S/C30H29F7O/c1-2-3-4-5-18-6-8-19(9-7-18)20-10-12-21(13-11-20)22-14-24(31)28(25(32)15-22)30(36,37)38-23-16-26(33)29(35)27(34)17-23/h10-19H,2-9H2,1H3. The molecule has 0 heterocycles. The first kappa shape index (κ1) is 28.0. The molecule has 0 aromatic heterocycles. The Kier molecular flexibility index (Phi) is 8.68. The zero-order valence-electron chi connectivity index (χ0n) is 21.0. The second-order valence-electron chi connectivity index (χ2n) is 9.97. The summed E-state index contributed by atoms with van der Waals surface area (Å²) in [6.07, 6.45) is 4.94. The lowest BCUT2D eigenvalue weighted by Gasteiger charge is -2.29. The minimum absolute atomic E-state index is 0.0459. The summed E-state index contributed by atoms with van der Waals surface area (Å²) in [7, 11) is 0. The largest absolute Gasteiger partial charge is 0.432 e. The number of halogens is 7. The Morgan fingerprint density at radius 2 is 1.32 bits per heavy atom. The van der Waals surface area contributed by atoms with Crippen LogP contribution in [0.5, 0.6) is 5.75 Å². The van der Waals surface area contributed by atoms with Crippen molar-refractivity contribution < 1.29 is 35.5 Å². The van der Waals surface area contributed by atoms with Crippen molar-refractivity contribution in [1.82, 2.24) is 0 Å². The van der Waals surface area contributed by atoms with Crippen LogP contribution in [-0.2, 0) is 6.11 Å². The molecule has 4 rings (SSSR count). The molecule has 1 nitrogen and oxygen atoms in total. The first-order valence-corrected chi connectivity index (χ1v) is 12.9. The van der Waals surface area contributed by atoms with Crippen molar-refractivity contribution in [3.63, 3.8) is 0 Å². The summed E-state index contributed by atoms with van der Waals surface area (Å²) in [6, 6.07) is 9.03. The second kappa shape index (κ2) is 11.8. The fourth-order valence-electron chi connectivity index (χ4n) is 5.22. The van der Waals surface area contributed by atoms with Crippen molar-refractivity contribution in [1.29, 1.82) is 0 Å². The monoisotopic (exact) mass is 538 g/mol. The molecule has 8 heteroatoms. The minimum Gasteiger partial charge on any atom is -0.429 e. The third-order valence-corrected chi connectivity index (χ3v) is 7.31. The third kappa shape index (κ3) is 6.33. The molecule has 0 amide bonds. The molecule has 0 N–H and O–H groups in total. The smallest absolute Gasteiger partial charge is 0.429 e. The zero-order chi connectivity index (χ0) is 27.4. The van der Waals surface area contributed by atoms with E-state index in [0.717, 1.165) is 36.5 Å². The van der Waals surface area contributed by atoms with Crippen LogP contribution in [0.1, 0.15) is 75.3 Å².